The van der Waals surface area contributed by atoms with Crippen molar-refractivity contribution in [3.63, 3.8) is 0 Å². The lowest BCUT2D eigenvalue weighted by Crippen LogP contribution is -2.41. The molecule has 11 nitrogen and oxygen atoms in total. The van der Waals surface area contributed by atoms with Crippen LogP contribution in [-0.2, 0) is 35.0 Å². The van der Waals surface area contributed by atoms with Gasteiger partial charge in [-0.2, -0.15) is 0 Å². The van der Waals surface area contributed by atoms with E-state index in [4.69, 9.17) is 25.6 Å². The molecule has 0 aliphatic rings. The highest BCUT2D eigenvalue weighted by Gasteiger charge is 2.29. The monoisotopic (exact) mass is 694 g/mol. The highest BCUT2D eigenvalue weighted by molar-refractivity contribution is 6.30. The van der Waals surface area contributed by atoms with Crippen LogP contribution in [0.2, 0.25) is 5.02 Å². The minimum Gasteiger partial charge on any atom is -0.469 e. The Balaban J connectivity index is 1.44. The summed E-state index contributed by atoms with van der Waals surface area (Å²) in [6.45, 7) is 2.66. The maximum absolute atomic E-state index is 14.3. The van der Waals surface area contributed by atoms with Crippen LogP contribution in [0.15, 0.2) is 83.4 Å². The van der Waals surface area contributed by atoms with Crippen LogP contribution >= 0.6 is 11.6 Å². The summed E-state index contributed by atoms with van der Waals surface area (Å²) in [6, 6.07) is 21.1. The lowest BCUT2D eigenvalue weighted by atomic mass is 9.93. The zero-order valence-corrected chi connectivity index (χ0v) is 27.8. The maximum Gasteiger partial charge on any atom is 0.337 e. The van der Waals surface area contributed by atoms with E-state index in [0.717, 1.165) is 16.7 Å². The number of aliphatic hydroxyl groups excluding tert-OH is 1. The summed E-state index contributed by atoms with van der Waals surface area (Å²) >= 11 is 6.13. The molecule has 0 unspecified atom stereocenters. The fourth-order valence-corrected chi connectivity index (χ4v) is 5.17. The minimum absolute atomic E-state index is 0.112. The van der Waals surface area contributed by atoms with Gasteiger partial charge in [-0.25, -0.2) is 9.18 Å². The van der Waals surface area contributed by atoms with Gasteiger partial charge in [0.15, 0.2) is 6.10 Å². The Morgan fingerprint density at radius 2 is 1.65 bits per heavy atom. The molecule has 3 atom stereocenters. The Hall–Kier alpha value is -5.07. The molecule has 0 fully saturated rings. The molecule has 258 valence electrons. The number of amides is 1. The quantitative estimate of drug-likeness (QED) is 0.116. The predicted octanol–water partition coefficient (Wildman–Crippen LogP) is 5.77. The first kappa shape index (κ1) is 36.8. The molecule has 0 spiro atoms. The largest absolute Gasteiger partial charge is 0.469 e. The summed E-state index contributed by atoms with van der Waals surface area (Å²) in [5.74, 6) is -5.01. The van der Waals surface area contributed by atoms with Crippen LogP contribution in [0.4, 0.5) is 4.39 Å². The second-order valence-electron chi connectivity index (χ2n) is 11.6. The number of ether oxygens (including phenoxy) is 3. The second kappa shape index (κ2) is 17.4. The molecule has 0 saturated heterocycles. The van der Waals surface area contributed by atoms with Crippen molar-refractivity contribution in [2.45, 2.75) is 45.3 Å². The number of methoxy groups -OCH3 is 1. The van der Waals surface area contributed by atoms with Crippen LogP contribution < -0.4 is 5.32 Å². The number of hydrogen-bond donors (Lipinski definition) is 2. The van der Waals surface area contributed by atoms with Crippen LogP contribution in [0, 0.1) is 17.7 Å². The van der Waals surface area contributed by atoms with Crippen molar-refractivity contribution in [1.82, 2.24) is 10.5 Å². The molecule has 0 aliphatic carbocycles. The van der Waals surface area contributed by atoms with Crippen molar-refractivity contribution in [1.29, 1.82) is 0 Å². The number of rotatable bonds is 15. The molecule has 3 aromatic carbocycles. The Morgan fingerprint density at radius 3 is 2.33 bits per heavy atom. The summed E-state index contributed by atoms with van der Waals surface area (Å²) in [4.78, 5) is 50.1. The van der Waals surface area contributed by atoms with E-state index in [1.807, 2.05) is 42.5 Å². The van der Waals surface area contributed by atoms with E-state index >= 15 is 0 Å². The van der Waals surface area contributed by atoms with Gasteiger partial charge >= 0.3 is 17.9 Å². The van der Waals surface area contributed by atoms with Gasteiger partial charge in [-0.15, -0.1) is 0 Å². The number of aromatic nitrogens is 1. The zero-order chi connectivity index (χ0) is 35.5. The number of esters is 3. The summed E-state index contributed by atoms with van der Waals surface area (Å²) in [5.41, 5.74) is 2.83. The standard InChI is InChI=1S/C36H36ClFN2O9/c1-21(2)28(18-33(42)46-3)35(44)47-20-48-36(45)31(41)17-26(15-22-11-13-23(14-12-22)24-7-6-8-25(37)16-24)39-34(43)32-19-30(40-49-32)27-9-4-5-10-29(27)38/h4-14,16,19,21,26,28,31,41H,15,17-18,20H2,1-3H3,(H,39,43)/t26-,28+,31-/m1/s1. The number of carbonyl (C=O) groups excluding carboxylic acids is 4. The van der Waals surface area contributed by atoms with Crippen molar-refractivity contribution >= 4 is 35.4 Å². The van der Waals surface area contributed by atoms with Crippen molar-refractivity contribution in [2.75, 3.05) is 13.9 Å². The Labute approximate surface area is 287 Å². The lowest BCUT2D eigenvalue weighted by Gasteiger charge is -2.21. The number of benzene rings is 3. The minimum atomic E-state index is -1.73. The molecule has 4 rings (SSSR count). The van der Waals surface area contributed by atoms with E-state index in [1.54, 1.807) is 26.0 Å². The molecule has 0 saturated carbocycles. The third-order valence-corrected chi connectivity index (χ3v) is 7.95. The summed E-state index contributed by atoms with van der Waals surface area (Å²) in [6.07, 6.45) is -2.05. The average Bonchev–Trinajstić information content (AvgIpc) is 3.57. The third kappa shape index (κ3) is 10.5. The maximum atomic E-state index is 14.3. The Bertz CT molecular complexity index is 1760. The van der Waals surface area contributed by atoms with Gasteiger partial charge < -0.3 is 29.2 Å². The van der Waals surface area contributed by atoms with Crippen molar-refractivity contribution in [3.05, 3.63) is 101 Å². The lowest BCUT2D eigenvalue weighted by molar-refractivity contribution is -0.178. The molecule has 4 aromatic rings. The highest BCUT2D eigenvalue weighted by Crippen LogP contribution is 2.25. The fourth-order valence-electron chi connectivity index (χ4n) is 4.98. The summed E-state index contributed by atoms with van der Waals surface area (Å²) < 4.78 is 34.1. The van der Waals surface area contributed by atoms with Crippen LogP contribution in [0.3, 0.4) is 0 Å². The SMILES string of the molecule is COC(=O)C[C@H](C(=O)OCOC(=O)[C@H](O)C[C@@H](Cc1ccc(-c2cccc(Cl)c2)cc1)NC(=O)c1cc(-c2ccccc2F)no1)C(C)C. The molecule has 1 aromatic heterocycles. The van der Waals surface area contributed by atoms with E-state index in [2.05, 4.69) is 15.2 Å². The normalized spacial score (nSPS) is 12.9. The number of carbonyl (C=O) groups is 4. The van der Waals surface area contributed by atoms with E-state index in [1.165, 1.54) is 31.4 Å². The molecule has 1 heterocycles. The fraction of sp³-hybridized carbons (Fsp3) is 0.306. The zero-order valence-electron chi connectivity index (χ0n) is 27.1. The van der Waals surface area contributed by atoms with Gasteiger partial charge in [-0.05, 0) is 53.3 Å². The van der Waals surface area contributed by atoms with Crippen molar-refractivity contribution < 1.29 is 47.4 Å². The van der Waals surface area contributed by atoms with Gasteiger partial charge in [-0.3, -0.25) is 14.4 Å². The molecule has 1 amide bonds. The van der Waals surface area contributed by atoms with Gasteiger partial charge in [0.2, 0.25) is 12.6 Å². The smallest absolute Gasteiger partial charge is 0.337 e. The van der Waals surface area contributed by atoms with Gasteiger partial charge in [-0.1, -0.05) is 79.1 Å². The number of nitrogens with zero attached hydrogens (tertiary/aromatic N) is 1. The van der Waals surface area contributed by atoms with Crippen molar-refractivity contribution in [3.8, 4) is 22.4 Å². The van der Waals surface area contributed by atoms with Crippen molar-refractivity contribution in [2.24, 2.45) is 11.8 Å². The van der Waals surface area contributed by atoms with Gasteiger partial charge in [0.25, 0.3) is 5.91 Å². The average molecular weight is 695 g/mol. The van der Waals surface area contributed by atoms with E-state index < -0.39 is 54.5 Å². The van der Waals surface area contributed by atoms with Gasteiger partial charge in [0.1, 0.15) is 11.5 Å². The molecule has 2 N–H and O–H groups in total. The molecule has 49 heavy (non-hydrogen) atoms. The molecular weight excluding hydrogens is 659 g/mol. The highest BCUT2D eigenvalue weighted by atomic mass is 35.5. The van der Waals surface area contributed by atoms with E-state index in [0.29, 0.717) is 5.02 Å². The van der Waals surface area contributed by atoms with Crippen LogP contribution in [-0.4, -0.2) is 60.1 Å². The van der Waals surface area contributed by atoms with Crippen LogP contribution in [0.1, 0.15) is 42.8 Å². The van der Waals surface area contributed by atoms with E-state index in [9.17, 15) is 28.7 Å². The predicted molar refractivity (Wildman–Crippen MR) is 176 cm³/mol. The molecule has 0 bridgehead atoms. The number of aliphatic hydroxyl groups is 1. The molecule has 0 radical (unpaired) electrons. The third-order valence-electron chi connectivity index (χ3n) is 7.72. The number of nitrogens with one attached hydrogen (secondary N) is 1. The second-order valence-corrected chi connectivity index (χ2v) is 12.0. The van der Waals surface area contributed by atoms with Crippen LogP contribution in [0.25, 0.3) is 22.4 Å². The molecular formula is C36H36ClFN2O9. The first-order chi connectivity index (χ1) is 23.4. The van der Waals surface area contributed by atoms with Crippen LogP contribution in [0.5, 0.6) is 0 Å². The number of hydrogen-bond acceptors (Lipinski definition) is 10. The van der Waals surface area contributed by atoms with Gasteiger partial charge in [0.05, 0.1) is 19.4 Å². The summed E-state index contributed by atoms with van der Waals surface area (Å²) in [5, 5.41) is 17.9. The number of halogens is 2. The Morgan fingerprint density at radius 1 is 0.939 bits per heavy atom. The summed E-state index contributed by atoms with van der Waals surface area (Å²) in [7, 11) is 1.20. The first-order valence-electron chi connectivity index (χ1n) is 15.4. The first-order valence-corrected chi connectivity index (χ1v) is 15.8. The van der Waals surface area contributed by atoms with E-state index in [-0.39, 0.29) is 42.2 Å². The topological polar surface area (TPSA) is 154 Å². The molecule has 13 heteroatoms. The molecule has 0 aliphatic heterocycles. The van der Waals surface area contributed by atoms with Gasteiger partial charge in [0, 0.05) is 29.1 Å². The Kier molecular flexibility index (Phi) is 13.0.